The summed E-state index contributed by atoms with van der Waals surface area (Å²) in [6, 6.07) is 7.89. The Kier molecular flexibility index (Phi) is 7.43. The van der Waals surface area contributed by atoms with E-state index in [4.69, 9.17) is 16.3 Å². The average molecular weight is 391 g/mol. The van der Waals surface area contributed by atoms with Gasteiger partial charge < -0.3 is 20.7 Å². The summed E-state index contributed by atoms with van der Waals surface area (Å²) in [7, 11) is 1.53. The van der Waals surface area contributed by atoms with Gasteiger partial charge in [0.05, 0.1) is 17.7 Å². The highest BCUT2D eigenvalue weighted by molar-refractivity contribution is 6.34. The second-order valence-corrected chi connectivity index (χ2v) is 6.72. The first kappa shape index (κ1) is 20.5. The number of anilines is 1. The Bertz CT molecular complexity index is 811. The molecular formula is C19H23ClN4O3. The van der Waals surface area contributed by atoms with Crippen LogP contribution in [0.4, 0.5) is 10.5 Å². The van der Waals surface area contributed by atoms with E-state index < -0.39 is 0 Å². The first-order chi connectivity index (χ1) is 12.9. The van der Waals surface area contributed by atoms with Crippen LogP contribution in [0.25, 0.3) is 0 Å². The first-order valence-corrected chi connectivity index (χ1v) is 8.88. The van der Waals surface area contributed by atoms with Crippen LogP contribution in [0.3, 0.4) is 0 Å². The number of carbonyl (C=O) groups excluding carboxylic acids is 2. The molecule has 0 saturated carbocycles. The molecular weight excluding hydrogens is 368 g/mol. The summed E-state index contributed by atoms with van der Waals surface area (Å²) in [6.45, 7) is 4.90. The van der Waals surface area contributed by atoms with Crippen molar-refractivity contribution >= 4 is 29.2 Å². The normalized spacial score (nSPS) is 10.4. The monoisotopic (exact) mass is 390 g/mol. The van der Waals surface area contributed by atoms with Crippen LogP contribution in [0.5, 0.6) is 5.88 Å². The van der Waals surface area contributed by atoms with Gasteiger partial charge >= 0.3 is 6.03 Å². The lowest BCUT2D eigenvalue weighted by molar-refractivity contribution is 0.0949. The quantitative estimate of drug-likeness (QED) is 0.675. The maximum atomic E-state index is 12.1. The molecule has 1 aromatic heterocycles. The number of aromatic nitrogens is 1. The van der Waals surface area contributed by atoms with Crippen molar-refractivity contribution in [3.8, 4) is 5.88 Å². The number of ether oxygens (including phenoxy) is 1. The van der Waals surface area contributed by atoms with Crippen molar-refractivity contribution in [3.05, 3.63) is 52.7 Å². The van der Waals surface area contributed by atoms with Crippen LogP contribution in [-0.2, 0) is 6.54 Å². The Morgan fingerprint density at radius 1 is 1.19 bits per heavy atom. The molecule has 0 saturated heterocycles. The molecule has 27 heavy (non-hydrogen) atoms. The number of urea groups is 1. The number of hydrogen-bond acceptors (Lipinski definition) is 4. The number of methoxy groups -OCH3 is 1. The Morgan fingerprint density at radius 2 is 1.96 bits per heavy atom. The zero-order valence-electron chi connectivity index (χ0n) is 15.5. The molecule has 3 amide bonds. The molecule has 2 aromatic rings. The summed E-state index contributed by atoms with van der Waals surface area (Å²) in [5.74, 6) is 0.585. The highest BCUT2D eigenvalue weighted by Crippen LogP contribution is 2.21. The van der Waals surface area contributed by atoms with Crippen molar-refractivity contribution in [2.45, 2.75) is 20.4 Å². The van der Waals surface area contributed by atoms with Gasteiger partial charge in [-0.1, -0.05) is 25.4 Å². The minimum Gasteiger partial charge on any atom is -0.481 e. The zero-order valence-corrected chi connectivity index (χ0v) is 16.3. The van der Waals surface area contributed by atoms with Crippen LogP contribution in [-0.4, -0.2) is 30.6 Å². The molecule has 7 nitrogen and oxygen atoms in total. The van der Waals surface area contributed by atoms with E-state index in [1.54, 1.807) is 36.5 Å². The van der Waals surface area contributed by atoms with Gasteiger partial charge in [-0.2, -0.15) is 0 Å². The third-order valence-electron chi connectivity index (χ3n) is 3.60. The molecule has 0 aliphatic heterocycles. The largest absolute Gasteiger partial charge is 0.481 e. The third-order valence-corrected chi connectivity index (χ3v) is 3.92. The van der Waals surface area contributed by atoms with Crippen molar-refractivity contribution in [1.82, 2.24) is 15.6 Å². The van der Waals surface area contributed by atoms with E-state index in [-0.39, 0.29) is 17.0 Å². The van der Waals surface area contributed by atoms with Gasteiger partial charge in [-0.05, 0) is 35.7 Å². The minimum absolute atomic E-state index is 0.240. The standard InChI is InChI=1S/C19H23ClN4O3/c1-12(2)10-22-18(25)15-5-4-14(9-16(15)20)24-19(26)23-11-13-6-7-21-17(8-13)27-3/h4-9,12H,10-11H2,1-3H3,(H,22,25)(H2,23,24,26). The van der Waals surface area contributed by atoms with Crippen molar-refractivity contribution in [2.75, 3.05) is 19.0 Å². The Morgan fingerprint density at radius 3 is 2.63 bits per heavy atom. The van der Waals surface area contributed by atoms with Crippen LogP contribution >= 0.6 is 11.6 Å². The van der Waals surface area contributed by atoms with E-state index in [0.29, 0.717) is 36.1 Å². The fourth-order valence-electron chi connectivity index (χ4n) is 2.20. The van der Waals surface area contributed by atoms with Crippen molar-refractivity contribution < 1.29 is 14.3 Å². The summed E-state index contributed by atoms with van der Waals surface area (Å²) < 4.78 is 5.04. The van der Waals surface area contributed by atoms with Gasteiger partial charge in [-0.25, -0.2) is 9.78 Å². The maximum absolute atomic E-state index is 12.1. The van der Waals surface area contributed by atoms with E-state index in [1.807, 2.05) is 13.8 Å². The molecule has 0 spiro atoms. The van der Waals surface area contributed by atoms with Gasteiger partial charge in [0.2, 0.25) is 5.88 Å². The van der Waals surface area contributed by atoms with E-state index in [9.17, 15) is 9.59 Å². The lowest BCUT2D eigenvalue weighted by atomic mass is 10.1. The highest BCUT2D eigenvalue weighted by Gasteiger charge is 2.12. The highest BCUT2D eigenvalue weighted by atomic mass is 35.5. The summed E-state index contributed by atoms with van der Waals surface area (Å²) in [5.41, 5.74) is 1.71. The first-order valence-electron chi connectivity index (χ1n) is 8.50. The minimum atomic E-state index is -0.390. The van der Waals surface area contributed by atoms with Gasteiger partial charge in [0.25, 0.3) is 5.91 Å². The van der Waals surface area contributed by atoms with Gasteiger partial charge in [-0.15, -0.1) is 0 Å². The number of rotatable bonds is 7. The van der Waals surface area contributed by atoms with Crippen molar-refractivity contribution in [3.63, 3.8) is 0 Å². The number of nitrogens with one attached hydrogen (secondary N) is 3. The summed E-state index contributed by atoms with van der Waals surface area (Å²) in [4.78, 5) is 28.2. The van der Waals surface area contributed by atoms with Gasteiger partial charge in [-0.3, -0.25) is 4.79 Å². The smallest absolute Gasteiger partial charge is 0.319 e. The van der Waals surface area contributed by atoms with Crippen LogP contribution in [0, 0.1) is 5.92 Å². The van der Waals surface area contributed by atoms with Crippen LogP contribution in [0.2, 0.25) is 5.02 Å². The summed E-state index contributed by atoms with van der Waals surface area (Å²) in [5, 5.41) is 8.50. The number of halogens is 1. The number of hydrogen-bond donors (Lipinski definition) is 3. The molecule has 0 fully saturated rings. The summed E-state index contributed by atoms with van der Waals surface area (Å²) >= 11 is 6.18. The van der Waals surface area contributed by atoms with Gasteiger partial charge in [0.1, 0.15) is 0 Å². The molecule has 0 atom stereocenters. The van der Waals surface area contributed by atoms with Gasteiger partial charge in [0, 0.05) is 31.0 Å². The van der Waals surface area contributed by atoms with Crippen LogP contribution in [0.1, 0.15) is 29.8 Å². The Balaban J connectivity index is 1.91. The number of pyridine rings is 1. The lowest BCUT2D eigenvalue weighted by Gasteiger charge is -2.11. The van der Waals surface area contributed by atoms with E-state index in [2.05, 4.69) is 20.9 Å². The molecule has 3 N–H and O–H groups in total. The maximum Gasteiger partial charge on any atom is 0.319 e. The SMILES string of the molecule is COc1cc(CNC(=O)Nc2ccc(C(=O)NCC(C)C)c(Cl)c2)ccn1. The van der Waals surface area contributed by atoms with Gasteiger partial charge in [0.15, 0.2) is 0 Å². The number of benzene rings is 1. The Labute approximate surface area is 163 Å². The molecule has 0 radical (unpaired) electrons. The Hall–Kier alpha value is -2.80. The molecule has 2 rings (SSSR count). The second kappa shape index (κ2) is 9.78. The zero-order chi connectivity index (χ0) is 19.8. The molecule has 1 aromatic carbocycles. The molecule has 0 unspecified atom stereocenters. The molecule has 144 valence electrons. The number of nitrogens with zero attached hydrogens (tertiary/aromatic N) is 1. The molecule has 1 heterocycles. The predicted octanol–water partition coefficient (Wildman–Crippen LogP) is 3.45. The van der Waals surface area contributed by atoms with Crippen molar-refractivity contribution in [1.29, 1.82) is 0 Å². The summed E-state index contributed by atoms with van der Waals surface area (Å²) in [6.07, 6.45) is 1.61. The van der Waals surface area contributed by atoms with E-state index in [0.717, 1.165) is 5.56 Å². The number of amides is 3. The number of carbonyl (C=O) groups is 2. The van der Waals surface area contributed by atoms with Crippen LogP contribution in [0.15, 0.2) is 36.5 Å². The fraction of sp³-hybridized carbons (Fsp3) is 0.316. The third kappa shape index (κ3) is 6.45. The van der Waals surface area contributed by atoms with E-state index in [1.165, 1.54) is 7.11 Å². The lowest BCUT2D eigenvalue weighted by Crippen LogP contribution is -2.29. The second-order valence-electron chi connectivity index (χ2n) is 6.31. The van der Waals surface area contributed by atoms with Crippen molar-refractivity contribution in [2.24, 2.45) is 5.92 Å². The predicted molar refractivity (Wildman–Crippen MR) is 105 cm³/mol. The molecule has 0 aliphatic carbocycles. The topological polar surface area (TPSA) is 92.4 Å². The molecule has 8 heteroatoms. The average Bonchev–Trinajstić information content (AvgIpc) is 2.64. The van der Waals surface area contributed by atoms with Crippen LogP contribution < -0.4 is 20.7 Å². The fourth-order valence-corrected chi connectivity index (χ4v) is 2.47. The molecule has 0 bridgehead atoms. The van der Waals surface area contributed by atoms with E-state index >= 15 is 0 Å². The molecule has 0 aliphatic rings.